The first-order valence-electron chi connectivity index (χ1n) is 6.25. The van der Waals surface area contributed by atoms with Gasteiger partial charge in [0.1, 0.15) is 11.5 Å². The zero-order valence-corrected chi connectivity index (χ0v) is 11.3. The number of carbonyl (C=O) groups excluding carboxylic acids is 1. The van der Waals surface area contributed by atoms with E-state index in [0.717, 1.165) is 28.9 Å². The number of anilines is 1. The zero-order valence-electron chi connectivity index (χ0n) is 11.3. The Morgan fingerprint density at radius 2 is 2.15 bits per heavy atom. The maximum absolute atomic E-state index is 11.2. The summed E-state index contributed by atoms with van der Waals surface area (Å²) < 4.78 is 1.91. The molecule has 5 nitrogen and oxygen atoms in total. The maximum atomic E-state index is 11.2. The van der Waals surface area contributed by atoms with Gasteiger partial charge in [-0.15, -0.1) is 0 Å². The number of hydrogen-bond donors (Lipinski definition) is 0. The molecule has 3 rings (SSSR count). The number of aldehydes is 1. The molecule has 0 saturated carbocycles. The number of fused-ring (bicyclic) bond motifs is 1. The Morgan fingerprint density at radius 3 is 2.80 bits per heavy atom. The molecule has 0 bridgehead atoms. The van der Waals surface area contributed by atoms with Gasteiger partial charge in [0, 0.05) is 43.9 Å². The van der Waals surface area contributed by atoms with E-state index >= 15 is 0 Å². The van der Waals surface area contributed by atoms with Crippen LogP contribution in [0.3, 0.4) is 0 Å². The molecule has 0 aliphatic rings. The standard InChI is InChI=1S/C15H14N4O/c1-18(2)12-5-7-19-14(8-12)13(10-20)17-15(19)11-4-3-6-16-9-11/h3-10H,1-2H3. The average molecular weight is 266 g/mol. The molecule has 5 heteroatoms. The Bertz CT molecular complexity index is 762. The first kappa shape index (κ1) is 12.3. The molecule has 3 aromatic rings. The smallest absolute Gasteiger partial charge is 0.170 e. The quantitative estimate of drug-likeness (QED) is 0.682. The Labute approximate surface area is 116 Å². The van der Waals surface area contributed by atoms with Crippen LogP contribution >= 0.6 is 0 Å². The lowest BCUT2D eigenvalue weighted by molar-refractivity contribution is 0.112. The van der Waals surface area contributed by atoms with E-state index in [1.54, 1.807) is 12.4 Å². The molecule has 20 heavy (non-hydrogen) atoms. The topological polar surface area (TPSA) is 50.5 Å². The van der Waals surface area contributed by atoms with Crippen LogP contribution in [0.15, 0.2) is 42.9 Å². The summed E-state index contributed by atoms with van der Waals surface area (Å²) in [5, 5.41) is 0. The van der Waals surface area contributed by atoms with E-state index in [2.05, 4.69) is 9.97 Å². The van der Waals surface area contributed by atoms with E-state index in [1.807, 2.05) is 53.9 Å². The van der Waals surface area contributed by atoms with Gasteiger partial charge in [0.15, 0.2) is 6.29 Å². The molecule has 0 spiro atoms. The Morgan fingerprint density at radius 1 is 1.30 bits per heavy atom. The van der Waals surface area contributed by atoms with Crippen LogP contribution in [-0.4, -0.2) is 34.8 Å². The minimum absolute atomic E-state index is 0.438. The van der Waals surface area contributed by atoms with Gasteiger partial charge in [-0.2, -0.15) is 0 Å². The van der Waals surface area contributed by atoms with Gasteiger partial charge >= 0.3 is 0 Å². The van der Waals surface area contributed by atoms with Crippen molar-refractivity contribution in [3.05, 3.63) is 48.5 Å². The summed E-state index contributed by atoms with van der Waals surface area (Å²) in [6.07, 6.45) is 6.16. The van der Waals surface area contributed by atoms with Gasteiger partial charge in [0.2, 0.25) is 0 Å². The number of rotatable bonds is 3. The van der Waals surface area contributed by atoms with Crippen molar-refractivity contribution in [3.8, 4) is 11.4 Å². The number of nitrogens with zero attached hydrogens (tertiary/aromatic N) is 4. The zero-order chi connectivity index (χ0) is 14.1. The van der Waals surface area contributed by atoms with Crippen molar-refractivity contribution in [1.82, 2.24) is 14.4 Å². The molecule has 0 atom stereocenters. The number of carbonyl (C=O) groups is 1. The van der Waals surface area contributed by atoms with Crippen molar-refractivity contribution in [2.75, 3.05) is 19.0 Å². The Kier molecular flexibility index (Phi) is 2.95. The highest BCUT2D eigenvalue weighted by molar-refractivity contribution is 5.87. The third-order valence-corrected chi connectivity index (χ3v) is 3.20. The predicted molar refractivity (Wildman–Crippen MR) is 78.1 cm³/mol. The summed E-state index contributed by atoms with van der Waals surface area (Å²) in [6.45, 7) is 0. The summed E-state index contributed by atoms with van der Waals surface area (Å²) in [5.41, 5.74) is 3.14. The second kappa shape index (κ2) is 4.77. The van der Waals surface area contributed by atoms with E-state index in [1.165, 1.54) is 0 Å². The lowest BCUT2D eigenvalue weighted by Crippen LogP contribution is -2.08. The summed E-state index contributed by atoms with van der Waals surface area (Å²) in [5.74, 6) is 0.723. The fourth-order valence-electron chi connectivity index (χ4n) is 2.16. The van der Waals surface area contributed by atoms with E-state index < -0.39 is 0 Å². The Balaban J connectivity index is 2.28. The first-order chi connectivity index (χ1) is 9.70. The lowest BCUT2D eigenvalue weighted by atomic mass is 10.2. The monoisotopic (exact) mass is 266 g/mol. The fraction of sp³-hybridized carbons (Fsp3) is 0.133. The normalized spacial score (nSPS) is 10.7. The molecule has 0 saturated heterocycles. The van der Waals surface area contributed by atoms with Gasteiger partial charge in [-0.1, -0.05) is 0 Å². The van der Waals surface area contributed by atoms with Crippen LogP contribution in [0.4, 0.5) is 5.69 Å². The molecule has 0 aliphatic heterocycles. The van der Waals surface area contributed by atoms with Crippen LogP contribution in [0.5, 0.6) is 0 Å². The molecule has 0 N–H and O–H groups in total. The second-order valence-electron chi connectivity index (χ2n) is 4.71. The van der Waals surface area contributed by atoms with E-state index in [-0.39, 0.29) is 0 Å². The number of aromatic nitrogens is 3. The highest BCUT2D eigenvalue weighted by Gasteiger charge is 2.13. The van der Waals surface area contributed by atoms with Gasteiger partial charge in [-0.05, 0) is 24.3 Å². The number of hydrogen-bond acceptors (Lipinski definition) is 4. The van der Waals surface area contributed by atoms with Crippen LogP contribution < -0.4 is 4.90 Å². The predicted octanol–water partition coefficient (Wildman–Crippen LogP) is 2.27. The van der Waals surface area contributed by atoms with Gasteiger partial charge in [-0.25, -0.2) is 4.98 Å². The highest BCUT2D eigenvalue weighted by atomic mass is 16.1. The minimum atomic E-state index is 0.438. The fourth-order valence-corrected chi connectivity index (χ4v) is 2.16. The molecular weight excluding hydrogens is 252 g/mol. The van der Waals surface area contributed by atoms with Crippen molar-refractivity contribution in [2.24, 2.45) is 0 Å². The van der Waals surface area contributed by atoms with E-state index in [4.69, 9.17) is 0 Å². The minimum Gasteiger partial charge on any atom is -0.378 e. The van der Waals surface area contributed by atoms with E-state index in [0.29, 0.717) is 5.69 Å². The molecule has 0 radical (unpaired) electrons. The van der Waals surface area contributed by atoms with Crippen molar-refractivity contribution in [3.63, 3.8) is 0 Å². The molecule has 100 valence electrons. The summed E-state index contributed by atoms with van der Waals surface area (Å²) in [7, 11) is 3.93. The number of pyridine rings is 2. The van der Waals surface area contributed by atoms with Crippen molar-refractivity contribution >= 4 is 17.5 Å². The molecular formula is C15H14N4O. The first-order valence-corrected chi connectivity index (χ1v) is 6.25. The van der Waals surface area contributed by atoms with E-state index in [9.17, 15) is 4.79 Å². The molecule has 0 amide bonds. The SMILES string of the molecule is CN(C)c1ccn2c(-c3cccnc3)nc(C=O)c2c1. The van der Waals surface area contributed by atoms with Crippen molar-refractivity contribution in [2.45, 2.75) is 0 Å². The summed E-state index contributed by atoms with van der Waals surface area (Å²) in [4.78, 5) is 21.7. The second-order valence-corrected chi connectivity index (χ2v) is 4.71. The van der Waals surface area contributed by atoms with Crippen molar-refractivity contribution in [1.29, 1.82) is 0 Å². The third-order valence-electron chi connectivity index (χ3n) is 3.20. The molecule has 0 aliphatic carbocycles. The molecule has 3 aromatic heterocycles. The highest BCUT2D eigenvalue weighted by Crippen LogP contribution is 2.24. The van der Waals surface area contributed by atoms with Gasteiger partial charge in [0.05, 0.1) is 5.52 Å². The van der Waals surface area contributed by atoms with Gasteiger partial charge in [-0.3, -0.25) is 14.2 Å². The molecule has 0 unspecified atom stereocenters. The van der Waals surface area contributed by atoms with Crippen LogP contribution in [-0.2, 0) is 0 Å². The molecule has 3 heterocycles. The molecule has 0 fully saturated rings. The van der Waals surface area contributed by atoms with Crippen LogP contribution in [0, 0.1) is 0 Å². The van der Waals surface area contributed by atoms with Crippen LogP contribution in [0.25, 0.3) is 16.9 Å². The largest absolute Gasteiger partial charge is 0.378 e. The maximum Gasteiger partial charge on any atom is 0.170 e. The molecule has 0 aromatic carbocycles. The van der Waals surface area contributed by atoms with Gasteiger partial charge < -0.3 is 4.90 Å². The van der Waals surface area contributed by atoms with Crippen LogP contribution in [0.1, 0.15) is 10.5 Å². The summed E-state index contributed by atoms with van der Waals surface area (Å²) >= 11 is 0. The van der Waals surface area contributed by atoms with Crippen LogP contribution in [0.2, 0.25) is 0 Å². The third kappa shape index (κ3) is 1.93. The average Bonchev–Trinajstić information content (AvgIpc) is 2.86. The Hall–Kier alpha value is -2.69. The van der Waals surface area contributed by atoms with Crippen molar-refractivity contribution < 1.29 is 4.79 Å². The van der Waals surface area contributed by atoms with Gasteiger partial charge in [0.25, 0.3) is 0 Å². The summed E-state index contributed by atoms with van der Waals surface area (Å²) in [6, 6.07) is 7.72. The number of imidazole rings is 1. The lowest BCUT2D eigenvalue weighted by Gasteiger charge is -2.12.